The van der Waals surface area contributed by atoms with Crippen LogP contribution in [0.2, 0.25) is 0 Å². The Kier molecular flexibility index (Phi) is 3.76. The fourth-order valence-corrected chi connectivity index (χ4v) is 2.47. The highest BCUT2D eigenvalue weighted by Gasteiger charge is 2.37. The number of ether oxygens (including phenoxy) is 1. The van der Waals surface area contributed by atoms with Crippen LogP contribution in [-0.2, 0) is 9.53 Å². The van der Waals surface area contributed by atoms with Crippen LogP contribution in [-0.4, -0.2) is 12.1 Å². The van der Waals surface area contributed by atoms with E-state index in [9.17, 15) is 4.79 Å². The van der Waals surface area contributed by atoms with Crippen molar-refractivity contribution in [1.82, 2.24) is 0 Å². The van der Waals surface area contributed by atoms with E-state index < -0.39 is 0 Å². The van der Waals surface area contributed by atoms with Crippen molar-refractivity contribution in [3.05, 3.63) is 0 Å². The fourth-order valence-electron chi connectivity index (χ4n) is 2.47. The predicted molar refractivity (Wildman–Crippen MR) is 52.0 cm³/mol. The Labute approximate surface area is 80.7 Å². The zero-order valence-electron chi connectivity index (χ0n) is 8.64. The SMILES string of the molecule is CCCC(C)(O[C]=O)C1CCCC1. The third kappa shape index (κ3) is 2.45. The number of hydrogen-bond acceptors (Lipinski definition) is 2. The van der Waals surface area contributed by atoms with Gasteiger partial charge in [0.1, 0.15) is 5.60 Å². The summed E-state index contributed by atoms with van der Waals surface area (Å²) in [6, 6.07) is 0. The van der Waals surface area contributed by atoms with Gasteiger partial charge in [-0.1, -0.05) is 26.2 Å². The molecular formula is C11H19O2. The van der Waals surface area contributed by atoms with Crippen LogP contribution in [0.1, 0.15) is 52.4 Å². The summed E-state index contributed by atoms with van der Waals surface area (Å²) in [6.07, 6.45) is 7.01. The van der Waals surface area contributed by atoms with Gasteiger partial charge in [0.2, 0.25) is 0 Å². The molecule has 0 aromatic heterocycles. The van der Waals surface area contributed by atoms with E-state index in [1.165, 1.54) is 25.7 Å². The molecule has 1 saturated carbocycles. The molecule has 0 aliphatic heterocycles. The molecule has 0 aromatic carbocycles. The highest BCUT2D eigenvalue weighted by atomic mass is 16.5. The number of carbonyl (C=O) groups excluding carboxylic acids is 1. The molecule has 1 radical (unpaired) electrons. The molecule has 1 atom stereocenters. The fraction of sp³-hybridized carbons (Fsp3) is 0.909. The van der Waals surface area contributed by atoms with Gasteiger partial charge in [-0.3, -0.25) is 0 Å². The van der Waals surface area contributed by atoms with Gasteiger partial charge < -0.3 is 4.74 Å². The predicted octanol–water partition coefficient (Wildman–Crippen LogP) is 2.82. The summed E-state index contributed by atoms with van der Waals surface area (Å²) < 4.78 is 5.15. The lowest BCUT2D eigenvalue weighted by Gasteiger charge is -2.33. The Bertz CT molecular complexity index is 161. The molecule has 0 amide bonds. The van der Waals surface area contributed by atoms with E-state index in [2.05, 4.69) is 13.8 Å². The second-order valence-corrected chi connectivity index (χ2v) is 4.23. The Morgan fingerprint density at radius 1 is 1.46 bits per heavy atom. The van der Waals surface area contributed by atoms with Crippen molar-refractivity contribution < 1.29 is 9.53 Å². The molecule has 0 N–H and O–H groups in total. The van der Waals surface area contributed by atoms with Gasteiger partial charge in [0.15, 0.2) is 0 Å². The van der Waals surface area contributed by atoms with Gasteiger partial charge in [0.25, 0.3) is 0 Å². The zero-order chi connectivity index (χ0) is 9.73. The van der Waals surface area contributed by atoms with Gasteiger partial charge in [0.05, 0.1) is 0 Å². The first kappa shape index (κ1) is 10.6. The molecule has 75 valence electrons. The van der Waals surface area contributed by atoms with Crippen molar-refractivity contribution >= 4 is 6.47 Å². The van der Waals surface area contributed by atoms with Crippen LogP contribution in [0.4, 0.5) is 0 Å². The van der Waals surface area contributed by atoms with E-state index in [1.807, 2.05) is 0 Å². The van der Waals surface area contributed by atoms with Gasteiger partial charge >= 0.3 is 6.47 Å². The molecule has 2 heteroatoms. The molecule has 0 spiro atoms. The highest BCUT2D eigenvalue weighted by molar-refractivity contribution is 5.39. The molecule has 0 saturated heterocycles. The Balaban J connectivity index is 2.57. The van der Waals surface area contributed by atoms with Crippen LogP contribution in [0.15, 0.2) is 0 Å². The third-order valence-electron chi connectivity index (χ3n) is 3.24. The van der Waals surface area contributed by atoms with Crippen molar-refractivity contribution in [2.45, 2.75) is 58.0 Å². The lowest BCUT2D eigenvalue weighted by molar-refractivity contribution is 0.00430. The topological polar surface area (TPSA) is 26.3 Å². The van der Waals surface area contributed by atoms with Gasteiger partial charge in [-0.2, -0.15) is 0 Å². The summed E-state index contributed by atoms with van der Waals surface area (Å²) in [4.78, 5) is 10.3. The molecule has 1 aliphatic rings. The summed E-state index contributed by atoms with van der Waals surface area (Å²) in [5.41, 5.74) is -0.243. The van der Waals surface area contributed by atoms with E-state index in [4.69, 9.17) is 4.74 Å². The number of hydrogen-bond donors (Lipinski definition) is 0. The van der Waals surface area contributed by atoms with Gasteiger partial charge in [0, 0.05) is 0 Å². The molecule has 1 rings (SSSR count). The first-order valence-corrected chi connectivity index (χ1v) is 5.28. The molecule has 2 nitrogen and oxygen atoms in total. The molecule has 0 aromatic rings. The van der Waals surface area contributed by atoms with E-state index in [1.54, 1.807) is 6.47 Å². The van der Waals surface area contributed by atoms with E-state index in [0.717, 1.165) is 12.8 Å². The van der Waals surface area contributed by atoms with Crippen LogP contribution < -0.4 is 0 Å². The third-order valence-corrected chi connectivity index (χ3v) is 3.24. The highest BCUT2D eigenvalue weighted by Crippen LogP contribution is 2.38. The lowest BCUT2D eigenvalue weighted by Crippen LogP contribution is -2.36. The second kappa shape index (κ2) is 4.64. The minimum Gasteiger partial charge on any atom is -0.451 e. The summed E-state index contributed by atoms with van der Waals surface area (Å²) in [5.74, 6) is 0.564. The van der Waals surface area contributed by atoms with Crippen molar-refractivity contribution in [1.29, 1.82) is 0 Å². The maximum Gasteiger partial charge on any atom is 0.418 e. The quantitative estimate of drug-likeness (QED) is 0.655. The normalized spacial score (nSPS) is 22.6. The Hall–Kier alpha value is -0.530. The first-order chi connectivity index (χ1) is 6.23. The van der Waals surface area contributed by atoms with Crippen LogP contribution in [0, 0.1) is 5.92 Å². The second-order valence-electron chi connectivity index (χ2n) is 4.23. The summed E-state index contributed by atoms with van der Waals surface area (Å²) in [6.45, 7) is 5.80. The lowest BCUT2D eigenvalue weighted by atomic mass is 9.84. The summed E-state index contributed by atoms with van der Waals surface area (Å²) in [7, 11) is 0. The molecular weight excluding hydrogens is 164 g/mol. The zero-order valence-corrected chi connectivity index (χ0v) is 8.64. The maximum atomic E-state index is 10.3. The smallest absolute Gasteiger partial charge is 0.418 e. The van der Waals surface area contributed by atoms with Crippen molar-refractivity contribution in [2.24, 2.45) is 5.92 Å². The first-order valence-electron chi connectivity index (χ1n) is 5.28. The Morgan fingerprint density at radius 2 is 2.08 bits per heavy atom. The number of rotatable bonds is 5. The van der Waals surface area contributed by atoms with Crippen molar-refractivity contribution in [3.8, 4) is 0 Å². The van der Waals surface area contributed by atoms with Crippen LogP contribution in [0.5, 0.6) is 0 Å². The minimum absolute atomic E-state index is 0.243. The maximum absolute atomic E-state index is 10.3. The summed E-state index contributed by atoms with van der Waals surface area (Å²) in [5, 5.41) is 0. The van der Waals surface area contributed by atoms with E-state index in [-0.39, 0.29) is 5.60 Å². The molecule has 1 fully saturated rings. The molecule has 13 heavy (non-hydrogen) atoms. The molecule has 0 bridgehead atoms. The van der Waals surface area contributed by atoms with E-state index >= 15 is 0 Å². The van der Waals surface area contributed by atoms with Crippen molar-refractivity contribution in [3.63, 3.8) is 0 Å². The molecule has 0 heterocycles. The largest absolute Gasteiger partial charge is 0.451 e. The van der Waals surface area contributed by atoms with Gasteiger partial charge in [-0.15, -0.1) is 0 Å². The average Bonchev–Trinajstić information content (AvgIpc) is 2.57. The minimum atomic E-state index is -0.243. The molecule has 1 unspecified atom stereocenters. The van der Waals surface area contributed by atoms with E-state index in [0.29, 0.717) is 5.92 Å². The van der Waals surface area contributed by atoms with Gasteiger partial charge in [-0.05, 0) is 32.1 Å². The Morgan fingerprint density at radius 3 is 2.54 bits per heavy atom. The molecule has 1 aliphatic carbocycles. The summed E-state index contributed by atoms with van der Waals surface area (Å²) >= 11 is 0. The van der Waals surface area contributed by atoms with Crippen LogP contribution >= 0.6 is 0 Å². The monoisotopic (exact) mass is 183 g/mol. The van der Waals surface area contributed by atoms with Gasteiger partial charge in [-0.25, -0.2) is 4.79 Å². The standard InChI is InChI=1S/C11H19O2/c1-3-8-11(2,13-9-12)10-6-4-5-7-10/h10H,3-8H2,1-2H3. The van der Waals surface area contributed by atoms with Crippen molar-refractivity contribution in [2.75, 3.05) is 0 Å². The van der Waals surface area contributed by atoms with Crippen LogP contribution in [0.3, 0.4) is 0 Å². The van der Waals surface area contributed by atoms with Crippen LogP contribution in [0.25, 0.3) is 0 Å². The average molecular weight is 183 g/mol.